The number of rotatable bonds is 6. The van der Waals surface area contributed by atoms with Gasteiger partial charge < -0.3 is 15.2 Å². The van der Waals surface area contributed by atoms with Crippen molar-refractivity contribution >= 4 is 11.7 Å². The maximum Gasteiger partial charge on any atom is 0.343 e. The van der Waals surface area contributed by atoms with Crippen molar-refractivity contribution in [3.63, 3.8) is 0 Å². The van der Waals surface area contributed by atoms with E-state index < -0.39 is 5.97 Å². The number of benzene rings is 1. The van der Waals surface area contributed by atoms with Crippen molar-refractivity contribution < 1.29 is 14.3 Å². The molecule has 0 aliphatic rings. The van der Waals surface area contributed by atoms with Gasteiger partial charge in [-0.05, 0) is 32.1 Å². The van der Waals surface area contributed by atoms with E-state index >= 15 is 0 Å². The second-order valence-corrected chi connectivity index (χ2v) is 4.19. The van der Waals surface area contributed by atoms with Crippen LogP contribution in [0.25, 0.3) is 0 Å². The van der Waals surface area contributed by atoms with Crippen LogP contribution in [0.3, 0.4) is 0 Å². The van der Waals surface area contributed by atoms with Gasteiger partial charge in [-0.15, -0.1) is 0 Å². The fourth-order valence-electron chi connectivity index (χ4n) is 1.91. The Labute approximate surface area is 114 Å². The van der Waals surface area contributed by atoms with E-state index in [4.69, 9.17) is 15.2 Å². The number of anilines is 1. The first-order valence-electron chi connectivity index (χ1n) is 6.42. The lowest BCUT2D eigenvalue weighted by Gasteiger charge is -2.26. The van der Waals surface area contributed by atoms with Crippen LogP contribution in [-0.2, 0) is 4.74 Å². The minimum Gasteiger partial charge on any atom is -0.496 e. The molecule has 19 heavy (non-hydrogen) atoms. The fourth-order valence-corrected chi connectivity index (χ4v) is 1.91. The van der Waals surface area contributed by atoms with E-state index in [1.807, 2.05) is 25.7 Å². The van der Waals surface area contributed by atoms with Crippen molar-refractivity contribution in [2.24, 2.45) is 0 Å². The molecule has 1 aromatic carbocycles. The molecule has 0 aliphatic carbocycles. The van der Waals surface area contributed by atoms with Gasteiger partial charge in [0.2, 0.25) is 0 Å². The number of methoxy groups -OCH3 is 1. The van der Waals surface area contributed by atoms with Gasteiger partial charge in [-0.3, -0.25) is 4.90 Å². The number of hydrogen-bond donors (Lipinski definition) is 1. The minimum atomic E-state index is -0.406. The lowest BCUT2D eigenvalue weighted by atomic mass is 10.2. The van der Waals surface area contributed by atoms with Crippen LogP contribution in [0.2, 0.25) is 0 Å². The van der Waals surface area contributed by atoms with E-state index in [2.05, 4.69) is 0 Å². The van der Waals surface area contributed by atoms with Crippen molar-refractivity contribution in [1.82, 2.24) is 4.90 Å². The molecule has 0 saturated heterocycles. The van der Waals surface area contributed by atoms with Crippen LogP contribution in [0, 0.1) is 0 Å². The maximum absolute atomic E-state index is 12.1. The molecule has 2 N–H and O–H groups in total. The molecule has 1 aromatic rings. The molecular formula is C14H22N2O3. The fraction of sp³-hybridized carbons (Fsp3) is 0.500. The van der Waals surface area contributed by atoms with Crippen LogP contribution in [-0.4, -0.2) is 37.3 Å². The minimum absolute atomic E-state index is 0.273. The summed E-state index contributed by atoms with van der Waals surface area (Å²) in [6, 6.07) is 4.88. The lowest BCUT2D eigenvalue weighted by molar-refractivity contribution is -0.0199. The summed E-state index contributed by atoms with van der Waals surface area (Å²) in [5.41, 5.74) is 6.59. The van der Waals surface area contributed by atoms with Crippen LogP contribution in [0.4, 0.5) is 5.69 Å². The quantitative estimate of drug-likeness (QED) is 0.485. The van der Waals surface area contributed by atoms with Crippen LogP contribution in [0.5, 0.6) is 5.75 Å². The van der Waals surface area contributed by atoms with E-state index in [0.717, 1.165) is 13.1 Å². The summed E-state index contributed by atoms with van der Waals surface area (Å²) >= 11 is 0. The zero-order valence-corrected chi connectivity index (χ0v) is 12.0. The first-order chi connectivity index (χ1) is 9.03. The van der Waals surface area contributed by atoms with Gasteiger partial charge in [0.1, 0.15) is 11.3 Å². The zero-order valence-electron chi connectivity index (χ0n) is 12.0. The molecule has 1 atom stereocenters. The smallest absolute Gasteiger partial charge is 0.343 e. The van der Waals surface area contributed by atoms with Gasteiger partial charge in [0.05, 0.1) is 7.11 Å². The Bertz CT molecular complexity index is 431. The summed E-state index contributed by atoms with van der Waals surface area (Å²) in [6.07, 6.45) is -0.273. The Morgan fingerprint density at radius 3 is 2.53 bits per heavy atom. The SMILES string of the molecule is CCN(CC)C(C)OC(=O)c1ccc(N)cc1OC. The predicted molar refractivity (Wildman–Crippen MR) is 75.2 cm³/mol. The number of nitrogens with two attached hydrogens (primary N) is 1. The number of carbonyl (C=O) groups excluding carboxylic acids is 1. The van der Waals surface area contributed by atoms with Gasteiger partial charge in [-0.2, -0.15) is 0 Å². The summed E-state index contributed by atoms with van der Waals surface area (Å²) in [5, 5.41) is 0. The average Bonchev–Trinajstić information content (AvgIpc) is 2.39. The number of ether oxygens (including phenoxy) is 2. The molecule has 0 spiro atoms. The van der Waals surface area contributed by atoms with Gasteiger partial charge in [0, 0.05) is 11.8 Å². The molecule has 0 aromatic heterocycles. The zero-order chi connectivity index (χ0) is 14.4. The Kier molecular flexibility index (Phi) is 5.63. The van der Waals surface area contributed by atoms with Gasteiger partial charge in [0.15, 0.2) is 6.23 Å². The molecule has 5 heteroatoms. The number of esters is 1. The molecule has 0 saturated carbocycles. The van der Waals surface area contributed by atoms with E-state index in [-0.39, 0.29) is 6.23 Å². The van der Waals surface area contributed by atoms with Gasteiger partial charge >= 0.3 is 5.97 Å². The lowest BCUT2D eigenvalue weighted by Crippen LogP contribution is -2.36. The molecule has 1 rings (SSSR count). The van der Waals surface area contributed by atoms with Crippen molar-refractivity contribution in [3.05, 3.63) is 23.8 Å². The first kappa shape index (κ1) is 15.3. The Balaban J connectivity index is 2.83. The Morgan fingerprint density at radius 1 is 1.37 bits per heavy atom. The average molecular weight is 266 g/mol. The molecule has 106 valence electrons. The molecule has 0 heterocycles. The second-order valence-electron chi connectivity index (χ2n) is 4.19. The molecule has 5 nitrogen and oxygen atoms in total. The third kappa shape index (κ3) is 3.86. The Morgan fingerprint density at radius 2 is 2.00 bits per heavy atom. The number of nitrogen functional groups attached to an aromatic ring is 1. The van der Waals surface area contributed by atoms with Crippen LogP contribution in [0.15, 0.2) is 18.2 Å². The first-order valence-corrected chi connectivity index (χ1v) is 6.42. The highest BCUT2D eigenvalue weighted by Gasteiger charge is 2.19. The topological polar surface area (TPSA) is 64.8 Å². The van der Waals surface area contributed by atoms with Crippen molar-refractivity contribution in [2.45, 2.75) is 27.0 Å². The highest BCUT2D eigenvalue weighted by Crippen LogP contribution is 2.22. The van der Waals surface area contributed by atoms with Crippen molar-refractivity contribution in [2.75, 3.05) is 25.9 Å². The summed E-state index contributed by atoms with van der Waals surface area (Å²) in [7, 11) is 1.50. The van der Waals surface area contributed by atoms with E-state index in [1.165, 1.54) is 7.11 Å². The number of nitrogens with zero attached hydrogens (tertiary/aromatic N) is 1. The van der Waals surface area contributed by atoms with Gasteiger partial charge in [-0.25, -0.2) is 4.79 Å². The van der Waals surface area contributed by atoms with E-state index in [9.17, 15) is 4.79 Å². The van der Waals surface area contributed by atoms with Crippen molar-refractivity contribution in [3.8, 4) is 5.75 Å². The standard InChI is InChI=1S/C14H22N2O3/c1-5-16(6-2)10(3)19-14(17)12-8-7-11(15)9-13(12)18-4/h7-10H,5-6,15H2,1-4H3. The molecular weight excluding hydrogens is 244 g/mol. The molecule has 0 aliphatic heterocycles. The molecule has 1 unspecified atom stereocenters. The molecule has 0 bridgehead atoms. The highest BCUT2D eigenvalue weighted by atomic mass is 16.6. The van der Waals surface area contributed by atoms with Gasteiger partial charge in [-0.1, -0.05) is 13.8 Å². The number of carbonyl (C=O) groups is 1. The molecule has 0 radical (unpaired) electrons. The summed E-state index contributed by atoms with van der Waals surface area (Å²) < 4.78 is 10.6. The van der Waals surface area contributed by atoms with E-state index in [0.29, 0.717) is 17.0 Å². The number of hydrogen-bond acceptors (Lipinski definition) is 5. The maximum atomic E-state index is 12.1. The largest absolute Gasteiger partial charge is 0.496 e. The van der Waals surface area contributed by atoms with Crippen molar-refractivity contribution in [1.29, 1.82) is 0 Å². The third-order valence-electron chi connectivity index (χ3n) is 3.05. The second kappa shape index (κ2) is 6.99. The summed E-state index contributed by atoms with van der Waals surface area (Å²) in [4.78, 5) is 14.2. The summed E-state index contributed by atoms with van der Waals surface area (Å²) in [6.45, 7) is 7.55. The third-order valence-corrected chi connectivity index (χ3v) is 3.05. The highest BCUT2D eigenvalue weighted by molar-refractivity contribution is 5.93. The van der Waals surface area contributed by atoms with Crippen LogP contribution < -0.4 is 10.5 Å². The normalized spacial score (nSPS) is 12.3. The van der Waals surface area contributed by atoms with E-state index in [1.54, 1.807) is 18.2 Å². The van der Waals surface area contributed by atoms with Crippen LogP contribution in [0.1, 0.15) is 31.1 Å². The molecule has 0 amide bonds. The monoisotopic (exact) mass is 266 g/mol. The summed E-state index contributed by atoms with van der Waals surface area (Å²) in [5.74, 6) is 0.0213. The van der Waals surface area contributed by atoms with Gasteiger partial charge in [0.25, 0.3) is 0 Å². The predicted octanol–water partition coefficient (Wildman–Crippen LogP) is 2.12. The Hall–Kier alpha value is -1.75. The molecule has 0 fully saturated rings. The van der Waals surface area contributed by atoms with Crippen LogP contribution >= 0.6 is 0 Å².